The maximum absolute atomic E-state index is 5.44. The van der Waals surface area contributed by atoms with Gasteiger partial charge in [0.2, 0.25) is 5.13 Å². The lowest BCUT2D eigenvalue weighted by molar-refractivity contribution is 0.297. The second kappa shape index (κ2) is 4.71. The van der Waals surface area contributed by atoms with E-state index in [1.165, 1.54) is 11.3 Å². The van der Waals surface area contributed by atoms with Crippen molar-refractivity contribution in [3.63, 3.8) is 0 Å². The van der Waals surface area contributed by atoms with Crippen LogP contribution in [-0.4, -0.2) is 15.2 Å². The van der Waals surface area contributed by atoms with E-state index >= 15 is 0 Å². The molecule has 2 aromatic rings. The standard InChI is InChI=1S/C10H10N4OS/c1-2-7-4-3-5-12-8(7)6-15-10-14-13-9(11)16-10/h2-5H,1,6H2,(H2,11,13). The van der Waals surface area contributed by atoms with E-state index in [1.54, 1.807) is 12.3 Å². The van der Waals surface area contributed by atoms with Crippen molar-refractivity contribution in [1.82, 2.24) is 15.2 Å². The van der Waals surface area contributed by atoms with Crippen molar-refractivity contribution in [1.29, 1.82) is 0 Å². The van der Waals surface area contributed by atoms with Crippen LogP contribution in [-0.2, 0) is 6.61 Å². The first-order chi connectivity index (χ1) is 7.79. The summed E-state index contributed by atoms with van der Waals surface area (Å²) in [4.78, 5) is 4.20. The maximum Gasteiger partial charge on any atom is 0.296 e. The highest BCUT2D eigenvalue weighted by atomic mass is 32.1. The Hall–Kier alpha value is -1.95. The zero-order valence-corrected chi connectivity index (χ0v) is 9.28. The molecule has 2 N–H and O–H groups in total. The van der Waals surface area contributed by atoms with Crippen LogP contribution in [0.1, 0.15) is 11.3 Å². The van der Waals surface area contributed by atoms with Crippen molar-refractivity contribution < 1.29 is 4.74 Å². The molecule has 0 spiro atoms. The quantitative estimate of drug-likeness (QED) is 0.872. The molecule has 0 aliphatic rings. The van der Waals surface area contributed by atoms with E-state index in [4.69, 9.17) is 10.5 Å². The zero-order valence-electron chi connectivity index (χ0n) is 8.46. The molecule has 0 saturated heterocycles. The van der Waals surface area contributed by atoms with Gasteiger partial charge < -0.3 is 10.5 Å². The van der Waals surface area contributed by atoms with Crippen LogP contribution in [0.15, 0.2) is 24.9 Å². The van der Waals surface area contributed by atoms with E-state index in [9.17, 15) is 0 Å². The molecule has 0 aliphatic carbocycles. The van der Waals surface area contributed by atoms with Gasteiger partial charge in [0, 0.05) is 6.20 Å². The van der Waals surface area contributed by atoms with Gasteiger partial charge in [-0.05, 0) is 23.0 Å². The molecule has 0 aliphatic heterocycles. The highest BCUT2D eigenvalue weighted by Gasteiger charge is 2.05. The summed E-state index contributed by atoms with van der Waals surface area (Å²) >= 11 is 1.20. The number of aromatic nitrogens is 3. The van der Waals surface area contributed by atoms with Gasteiger partial charge >= 0.3 is 0 Å². The van der Waals surface area contributed by atoms with Crippen molar-refractivity contribution >= 4 is 22.5 Å². The summed E-state index contributed by atoms with van der Waals surface area (Å²) in [5.41, 5.74) is 7.19. The minimum absolute atomic E-state index is 0.330. The summed E-state index contributed by atoms with van der Waals surface area (Å²) in [5.74, 6) is 0. The minimum Gasteiger partial charge on any atom is -0.462 e. The van der Waals surface area contributed by atoms with Crippen LogP contribution in [0.3, 0.4) is 0 Å². The third-order valence-corrected chi connectivity index (χ3v) is 2.56. The Bertz CT molecular complexity index is 497. The summed E-state index contributed by atoms with van der Waals surface area (Å²) in [7, 11) is 0. The van der Waals surface area contributed by atoms with Crippen LogP contribution in [0.5, 0.6) is 5.19 Å². The molecule has 0 radical (unpaired) electrons. The third kappa shape index (κ3) is 2.34. The van der Waals surface area contributed by atoms with Gasteiger partial charge in [-0.1, -0.05) is 23.8 Å². The summed E-state index contributed by atoms with van der Waals surface area (Å²) in [5, 5.41) is 8.24. The number of hydrogen-bond acceptors (Lipinski definition) is 6. The largest absolute Gasteiger partial charge is 0.462 e. The van der Waals surface area contributed by atoms with E-state index in [0.717, 1.165) is 11.3 Å². The Morgan fingerprint density at radius 3 is 3.06 bits per heavy atom. The number of hydrogen-bond donors (Lipinski definition) is 1. The molecule has 6 heteroatoms. The summed E-state index contributed by atoms with van der Waals surface area (Å²) in [6.07, 6.45) is 3.44. The van der Waals surface area contributed by atoms with Gasteiger partial charge in [0.05, 0.1) is 5.69 Å². The minimum atomic E-state index is 0.330. The van der Waals surface area contributed by atoms with E-state index in [-0.39, 0.29) is 0 Å². The Morgan fingerprint density at radius 2 is 2.38 bits per heavy atom. The first-order valence-electron chi connectivity index (χ1n) is 4.57. The fourth-order valence-corrected chi connectivity index (χ4v) is 1.63. The van der Waals surface area contributed by atoms with Gasteiger partial charge in [-0.15, -0.1) is 5.10 Å². The van der Waals surface area contributed by atoms with Crippen molar-refractivity contribution in [2.45, 2.75) is 6.61 Å². The van der Waals surface area contributed by atoms with Crippen LogP contribution >= 0.6 is 11.3 Å². The smallest absolute Gasteiger partial charge is 0.296 e. The molecule has 82 valence electrons. The molecule has 0 unspecified atom stereocenters. The van der Waals surface area contributed by atoms with Crippen LogP contribution in [0.25, 0.3) is 6.08 Å². The molecule has 0 atom stereocenters. The molecule has 2 rings (SSSR count). The number of ether oxygens (including phenoxy) is 1. The Kier molecular flexibility index (Phi) is 3.11. The Morgan fingerprint density at radius 1 is 1.50 bits per heavy atom. The molecular weight excluding hydrogens is 224 g/mol. The van der Waals surface area contributed by atoms with Crippen molar-refractivity contribution in [3.8, 4) is 5.19 Å². The number of nitrogens with two attached hydrogens (primary N) is 1. The number of pyridine rings is 1. The molecule has 0 amide bonds. The monoisotopic (exact) mass is 234 g/mol. The van der Waals surface area contributed by atoms with Crippen molar-refractivity contribution in [2.75, 3.05) is 5.73 Å². The maximum atomic E-state index is 5.44. The third-order valence-electron chi connectivity index (χ3n) is 1.90. The fraction of sp³-hybridized carbons (Fsp3) is 0.100. The van der Waals surface area contributed by atoms with Gasteiger partial charge in [-0.25, -0.2) is 0 Å². The number of nitrogen functional groups attached to an aromatic ring is 1. The van der Waals surface area contributed by atoms with E-state index in [0.29, 0.717) is 16.9 Å². The number of anilines is 1. The van der Waals surface area contributed by atoms with Crippen LogP contribution in [0.2, 0.25) is 0 Å². The normalized spacial score (nSPS) is 10.0. The predicted octanol–water partition coefficient (Wildman–Crippen LogP) is 1.74. The van der Waals surface area contributed by atoms with Crippen molar-refractivity contribution in [2.24, 2.45) is 0 Å². The van der Waals surface area contributed by atoms with Crippen LogP contribution in [0, 0.1) is 0 Å². The second-order valence-electron chi connectivity index (χ2n) is 2.94. The lowest BCUT2D eigenvalue weighted by Gasteiger charge is -2.04. The molecule has 0 saturated carbocycles. The molecular formula is C10H10N4OS. The lowest BCUT2D eigenvalue weighted by Crippen LogP contribution is -2.00. The fourth-order valence-electron chi connectivity index (χ4n) is 1.17. The molecule has 16 heavy (non-hydrogen) atoms. The molecule has 0 bridgehead atoms. The molecule has 0 aromatic carbocycles. The van der Waals surface area contributed by atoms with Crippen LogP contribution in [0.4, 0.5) is 5.13 Å². The number of rotatable bonds is 4. The van der Waals surface area contributed by atoms with Crippen molar-refractivity contribution in [3.05, 3.63) is 36.2 Å². The Labute approximate surface area is 96.6 Å². The average molecular weight is 234 g/mol. The number of nitrogens with zero attached hydrogens (tertiary/aromatic N) is 3. The topological polar surface area (TPSA) is 73.9 Å². The van der Waals surface area contributed by atoms with E-state index in [1.807, 2.05) is 12.1 Å². The molecule has 2 heterocycles. The lowest BCUT2D eigenvalue weighted by atomic mass is 10.2. The average Bonchev–Trinajstić information content (AvgIpc) is 2.73. The SMILES string of the molecule is C=Cc1cccnc1COc1nnc(N)s1. The Balaban J connectivity index is 2.07. The highest BCUT2D eigenvalue weighted by molar-refractivity contribution is 7.16. The zero-order chi connectivity index (χ0) is 11.4. The summed E-state index contributed by atoms with van der Waals surface area (Å²) < 4.78 is 5.41. The van der Waals surface area contributed by atoms with Gasteiger partial charge in [0.1, 0.15) is 6.61 Å². The second-order valence-corrected chi connectivity index (χ2v) is 3.91. The molecule has 5 nitrogen and oxygen atoms in total. The van der Waals surface area contributed by atoms with E-state index in [2.05, 4.69) is 21.8 Å². The van der Waals surface area contributed by atoms with Gasteiger partial charge in [-0.2, -0.15) is 0 Å². The first-order valence-corrected chi connectivity index (χ1v) is 5.39. The van der Waals surface area contributed by atoms with E-state index < -0.39 is 0 Å². The predicted molar refractivity (Wildman–Crippen MR) is 63.0 cm³/mol. The van der Waals surface area contributed by atoms with Gasteiger partial charge in [-0.3, -0.25) is 4.98 Å². The summed E-state index contributed by atoms with van der Waals surface area (Å²) in [6, 6.07) is 3.77. The van der Waals surface area contributed by atoms with Gasteiger partial charge in [0.25, 0.3) is 5.19 Å². The summed E-state index contributed by atoms with van der Waals surface area (Å²) in [6.45, 7) is 4.04. The van der Waals surface area contributed by atoms with Crippen LogP contribution < -0.4 is 10.5 Å². The highest BCUT2D eigenvalue weighted by Crippen LogP contribution is 2.20. The molecule has 2 aromatic heterocycles. The molecule has 0 fully saturated rings. The van der Waals surface area contributed by atoms with Gasteiger partial charge in [0.15, 0.2) is 0 Å². The first kappa shape index (κ1) is 10.6.